The van der Waals surface area contributed by atoms with Gasteiger partial charge in [-0.15, -0.1) is 12.4 Å². The third-order valence-corrected chi connectivity index (χ3v) is 5.07. The van der Waals surface area contributed by atoms with E-state index >= 15 is 0 Å². The average molecular weight is 399 g/mol. The molecule has 0 spiro atoms. The van der Waals surface area contributed by atoms with Gasteiger partial charge in [0.2, 0.25) is 0 Å². The van der Waals surface area contributed by atoms with E-state index in [0.29, 0.717) is 0 Å². The zero-order chi connectivity index (χ0) is 15.1. The van der Waals surface area contributed by atoms with E-state index in [1.165, 1.54) is 74.8 Å². The summed E-state index contributed by atoms with van der Waals surface area (Å²) in [4.78, 5) is 0. The molecule has 1 nitrogen and oxygen atoms in total. The fraction of sp³-hybridized carbons (Fsp3) is 0.579. The number of hydrogen-bond acceptors (Lipinski definition) is 1. The molecule has 121 valence electrons. The molecule has 0 saturated carbocycles. The van der Waals surface area contributed by atoms with Gasteiger partial charge in [0.15, 0.2) is 0 Å². The molecule has 0 amide bonds. The topological polar surface area (TPSA) is 9.23 Å². The summed E-state index contributed by atoms with van der Waals surface area (Å²) in [7, 11) is 0. The molecule has 0 bridgehead atoms. The molecule has 0 fully saturated rings. The van der Waals surface area contributed by atoms with E-state index in [2.05, 4.69) is 38.2 Å². The molecule has 2 aliphatic carbocycles. The van der Waals surface area contributed by atoms with Crippen molar-refractivity contribution in [1.29, 1.82) is 0 Å². The second-order valence-electron chi connectivity index (χ2n) is 6.02. The van der Waals surface area contributed by atoms with Gasteiger partial charge >= 0.3 is 146 Å². The summed E-state index contributed by atoms with van der Waals surface area (Å²) in [5.74, 6) is 0. The largest absolute Gasteiger partial charge is 0.147 e. The van der Waals surface area contributed by atoms with Gasteiger partial charge in [0.25, 0.3) is 0 Å². The van der Waals surface area contributed by atoms with Crippen LogP contribution in [0, 0.1) is 0 Å². The SMILES string of the molecule is CCCCC1=C(C([O][Zr])C2=C(CCCC)C=CC2)CC=C1.Cl. The molecule has 0 radical (unpaired) electrons. The van der Waals surface area contributed by atoms with Gasteiger partial charge in [-0.1, -0.05) is 0 Å². The van der Waals surface area contributed by atoms with Crippen LogP contribution in [-0.2, 0) is 28.0 Å². The van der Waals surface area contributed by atoms with E-state index in [9.17, 15) is 0 Å². The van der Waals surface area contributed by atoms with Crippen molar-refractivity contribution in [3.8, 4) is 0 Å². The zero-order valence-corrected chi connectivity index (χ0v) is 17.1. The van der Waals surface area contributed by atoms with Gasteiger partial charge in [0, 0.05) is 0 Å². The van der Waals surface area contributed by atoms with Crippen molar-refractivity contribution in [1.82, 2.24) is 0 Å². The third-order valence-electron chi connectivity index (χ3n) is 4.49. The van der Waals surface area contributed by atoms with Crippen molar-refractivity contribution in [3.05, 3.63) is 46.6 Å². The number of halogens is 1. The van der Waals surface area contributed by atoms with Gasteiger partial charge in [-0.2, -0.15) is 0 Å². The van der Waals surface area contributed by atoms with Gasteiger partial charge in [0.05, 0.1) is 0 Å². The van der Waals surface area contributed by atoms with E-state index in [-0.39, 0.29) is 18.5 Å². The summed E-state index contributed by atoms with van der Waals surface area (Å²) in [6.07, 6.45) is 19.2. The van der Waals surface area contributed by atoms with Crippen molar-refractivity contribution in [2.45, 2.75) is 71.3 Å². The molecule has 0 aliphatic heterocycles. The van der Waals surface area contributed by atoms with E-state index in [1.807, 2.05) is 0 Å². The minimum Gasteiger partial charge on any atom is -0.147 e. The smallest absolute Gasteiger partial charge is 0.147 e. The number of allylic oxidation sites excluding steroid dienone is 6. The minimum atomic E-state index is 0. The minimum absolute atomic E-state index is 0. The normalized spacial score (nSPS) is 17.0. The molecule has 2 aliphatic rings. The number of unbranched alkanes of at least 4 members (excludes halogenated alkanes) is 2. The van der Waals surface area contributed by atoms with Crippen LogP contribution >= 0.6 is 12.4 Å². The quantitative estimate of drug-likeness (QED) is 0.452. The summed E-state index contributed by atoms with van der Waals surface area (Å²) in [6, 6.07) is 0. The molecule has 0 saturated heterocycles. The van der Waals surface area contributed by atoms with Gasteiger partial charge in [-0.25, -0.2) is 0 Å². The van der Waals surface area contributed by atoms with Crippen LogP contribution in [0.4, 0.5) is 0 Å². The fourth-order valence-electron chi connectivity index (χ4n) is 3.26. The van der Waals surface area contributed by atoms with Gasteiger partial charge in [-0.3, -0.25) is 0 Å². The Kier molecular flexibility index (Phi) is 9.88. The predicted molar refractivity (Wildman–Crippen MR) is 92.7 cm³/mol. The zero-order valence-electron chi connectivity index (χ0n) is 13.9. The molecule has 0 unspecified atom stereocenters. The fourth-order valence-corrected chi connectivity index (χ4v) is 3.96. The van der Waals surface area contributed by atoms with E-state index < -0.39 is 0 Å². The maximum atomic E-state index is 6.03. The van der Waals surface area contributed by atoms with E-state index in [4.69, 9.17) is 2.81 Å². The number of hydrogen-bond donors (Lipinski definition) is 0. The van der Waals surface area contributed by atoms with Crippen molar-refractivity contribution in [2.24, 2.45) is 0 Å². The maximum Gasteiger partial charge on any atom is -0.147 e. The summed E-state index contributed by atoms with van der Waals surface area (Å²) in [6.45, 7) is 4.53. The Balaban J connectivity index is 0.00000242. The molecule has 0 N–H and O–H groups in total. The first-order valence-corrected chi connectivity index (χ1v) is 9.41. The molecule has 0 atom stereocenters. The maximum absolute atomic E-state index is 6.03. The van der Waals surface area contributed by atoms with Gasteiger partial charge in [-0.05, 0) is 0 Å². The van der Waals surface area contributed by atoms with Crippen molar-refractivity contribution in [2.75, 3.05) is 0 Å². The molecule has 0 aromatic heterocycles. The molecule has 0 aromatic rings. The summed E-state index contributed by atoms with van der Waals surface area (Å²) in [5, 5.41) is 0. The first-order chi connectivity index (χ1) is 10.3. The Bertz CT molecular complexity index is 432. The van der Waals surface area contributed by atoms with Crippen LogP contribution < -0.4 is 0 Å². The Morgan fingerprint density at radius 1 is 0.955 bits per heavy atom. The molecular weight excluding hydrogens is 371 g/mol. The van der Waals surface area contributed by atoms with Crippen LogP contribution in [0.3, 0.4) is 0 Å². The average Bonchev–Trinajstić information content (AvgIpc) is 3.14. The standard InChI is InChI=1S/C19H27O.ClH.Zr/c1-3-5-9-15-11-7-13-17(15)19(20)18-14-8-12-16(18)10-6-4-2;;/h7-8,11-12,19H,3-6,9-10,13-14H2,1-2H3;1H;/q-1;;+1. The second kappa shape index (κ2) is 10.8. The van der Waals surface area contributed by atoms with Crippen molar-refractivity contribution < 1.29 is 28.0 Å². The monoisotopic (exact) mass is 397 g/mol. The first-order valence-electron chi connectivity index (χ1n) is 8.41. The van der Waals surface area contributed by atoms with Crippen molar-refractivity contribution in [3.63, 3.8) is 0 Å². The van der Waals surface area contributed by atoms with Crippen LogP contribution in [0.1, 0.15) is 65.2 Å². The Labute approximate surface area is 157 Å². The van der Waals surface area contributed by atoms with Crippen LogP contribution in [-0.4, -0.2) is 6.10 Å². The Morgan fingerprint density at radius 2 is 1.41 bits per heavy atom. The molecule has 0 aromatic carbocycles. The molecule has 3 heteroatoms. The second-order valence-corrected chi connectivity index (χ2v) is 6.60. The van der Waals surface area contributed by atoms with Gasteiger partial charge < -0.3 is 0 Å². The molecule has 2 rings (SSSR count). The van der Waals surface area contributed by atoms with E-state index in [1.54, 1.807) is 11.1 Å². The van der Waals surface area contributed by atoms with Crippen LogP contribution in [0.2, 0.25) is 0 Å². The van der Waals surface area contributed by atoms with Gasteiger partial charge in [0.1, 0.15) is 0 Å². The Morgan fingerprint density at radius 3 is 1.77 bits per heavy atom. The first kappa shape index (κ1) is 20.1. The predicted octanol–water partition coefficient (Wildman–Crippen LogP) is 6.15. The Hall–Kier alpha value is 0.0931. The van der Waals surface area contributed by atoms with Crippen molar-refractivity contribution >= 4 is 12.4 Å². The van der Waals surface area contributed by atoms with Crippen LogP contribution in [0.25, 0.3) is 0 Å². The molecule has 0 heterocycles. The summed E-state index contributed by atoms with van der Waals surface area (Å²) in [5.41, 5.74) is 6.15. The summed E-state index contributed by atoms with van der Waals surface area (Å²) >= 11 is 1.18. The third kappa shape index (κ3) is 5.05. The molecule has 22 heavy (non-hydrogen) atoms. The van der Waals surface area contributed by atoms with Crippen LogP contribution in [0.5, 0.6) is 0 Å². The molecular formula is C19H28ClOZr. The summed E-state index contributed by atoms with van der Waals surface area (Å²) < 4.78 is 6.03. The van der Waals surface area contributed by atoms with E-state index in [0.717, 1.165) is 12.8 Å². The number of rotatable bonds is 9. The van der Waals surface area contributed by atoms with Crippen LogP contribution in [0.15, 0.2) is 46.6 Å².